The van der Waals surface area contributed by atoms with E-state index in [-0.39, 0.29) is 11.8 Å². The van der Waals surface area contributed by atoms with Crippen LogP contribution in [0.3, 0.4) is 0 Å². The van der Waals surface area contributed by atoms with E-state index in [4.69, 9.17) is 4.74 Å². The van der Waals surface area contributed by atoms with Crippen LogP contribution in [0, 0.1) is 5.92 Å². The summed E-state index contributed by atoms with van der Waals surface area (Å²) in [7, 11) is 1.64. The van der Waals surface area contributed by atoms with E-state index in [1.807, 2.05) is 23.9 Å². The van der Waals surface area contributed by atoms with Gasteiger partial charge in [0, 0.05) is 38.9 Å². The van der Waals surface area contributed by atoms with Crippen molar-refractivity contribution in [3.63, 3.8) is 0 Å². The lowest BCUT2D eigenvalue weighted by molar-refractivity contribution is -0.117. The van der Waals surface area contributed by atoms with E-state index in [1.54, 1.807) is 7.11 Å². The maximum absolute atomic E-state index is 11.8. The number of amides is 1. The van der Waals surface area contributed by atoms with Gasteiger partial charge >= 0.3 is 0 Å². The Balaban J connectivity index is 1.83. The van der Waals surface area contributed by atoms with Gasteiger partial charge in [0.1, 0.15) is 0 Å². The van der Waals surface area contributed by atoms with Gasteiger partial charge in [0.25, 0.3) is 0 Å². The van der Waals surface area contributed by atoms with Gasteiger partial charge in [0.05, 0.1) is 6.04 Å². The average molecular weight is 266 g/mol. The lowest BCUT2D eigenvalue weighted by Crippen LogP contribution is -2.18. The lowest BCUT2D eigenvalue weighted by atomic mass is 10.1. The van der Waals surface area contributed by atoms with Gasteiger partial charge in [0.2, 0.25) is 5.91 Å². The number of carbonyl (C=O) groups is 1. The number of nitrogens with zero attached hydrogens (tertiary/aromatic N) is 2. The van der Waals surface area contributed by atoms with Gasteiger partial charge in [-0.05, 0) is 18.9 Å². The zero-order valence-corrected chi connectivity index (χ0v) is 11.6. The zero-order chi connectivity index (χ0) is 13.7. The molecule has 1 saturated heterocycles. The van der Waals surface area contributed by atoms with Crippen LogP contribution < -0.4 is 10.6 Å². The second-order valence-corrected chi connectivity index (χ2v) is 5.14. The number of carbonyl (C=O) groups excluding carboxylic acids is 1. The van der Waals surface area contributed by atoms with E-state index in [0.717, 1.165) is 19.5 Å². The van der Waals surface area contributed by atoms with E-state index >= 15 is 0 Å². The molecule has 1 aliphatic heterocycles. The second kappa shape index (κ2) is 6.68. The van der Waals surface area contributed by atoms with Crippen LogP contribution in [0.25, 0.3) is 0 Å². The molecule has 6 nitrogen and oxygen atoms in total. The molecular formula is C13H22N4O2. The van der Waals surface area contributed by atoms with Crippen molar-refractivity contribution in [2.75, 3.05) is 32.1 Å². The molecule has 2 heterocycles. The summed E-state index contributed by atoms with van der Waals surface area (Å²) in [5, 5.41) is 10.5. The molecule has 0 aliphatic carbocycles. The first-order valence-corrected chi connectivity index (χ1v) is 6.73. The highest BCUT2D eigenvalue weighted by molar-refractivity contribution is 5.89. The summed E-state index contributed by atoms with van der Waals surface area (Å²) in [4.78, 5) is 11.8. The summed E-state index contributed by atoms with van der Waals surface area (Å²) in [6, 6.07) is 2.25. The van der Waals surface area contributed by atoms with Crippen LogP contribution in [0.1, 0.15) is 25.8 Å². The van der Waals surface area contributed by atoms with Crippen LogP contribution in [0.4, 0.5) is 5.82 Å². The Morgan fingerprint density at radius 2 is 2.58 bits per heavy atom. The second-order valence-electron chi connectivity index (χ2n) is 5.14. The summed E-state index contributed by atoms with van der Waals surface area (Å²) in [5.41, 5.74) is 0. The molecule has 1 amide bonds. The third-order valence-electron chi connectivity index (χ3n) is 3.27. The molecule has 2 N–H and O–H groups in total. The number of nitrogens with one attached hydrogen (secondary N) is 2. The fourth-order valence-corrected chi connectivity index (χ4v) is 2.33. The third kappa shape index (κ3) is 4.04. The largest absolute Gasteiger partial charge is 0.384 e. The predicted molar refractivity (Wildman–Crippen MR) is 73.0 cm³/mol. The lowest BCUT2D eigenvalue weighted by Gasteiger charge is -2.10. The van der Waals surface area contributed by atoms with Gasteiger partial charge < -0.3 is 15.4 Å². The van der Waals surface area contributed by atoms with E-state index in [2.05, 4.69) is 15.7 Å². The SMILES string of the molecule is COC[C@@H](C)CC(=O)Nc1ccn([C@H]2CCNC2)n1. The van der Waals surface area contributed by atoms with Crippen LogP contribution in [0.15, 0.2) is 12.3 Å². The number of hydrogen-bond donors (Lipinski definition) is 2. The van der Waals surface area contributed by atoms with Gasteiger partial charge in [-0.25, -0.2) is 0 Å². The molecule has 1 aromatic heterocycles. The number of rotatable bonds is 6. The molecule has 0 bridgehead atoms. The fourth-order valence-electron chi connectivity index (χ4n) is 2.33. The van der Waals surface area contributed by atoms with Crippen LogP contribution in [-0.2, 0) is 9.53 Å². The molecule has 1 fully saturated rings. The smallest absolute Gasteiger partial charge is 0.225 e. The average Bonchev–Trinajstić information content (AvgIpc) is 2.98. The van der Waals surface area contributed by atoms with Crippen molar-refractivity contribution in [1.82, 2.24) is 15.1 Å². The molecule has 19 heavy (non-hydrogen) atoms. The molecule has 2 atom stereocenters. The van der Waals surface area contributed by atoms with Crippen molar-refractivity contribution in [2.24, 2.45) is 5.92 Å². The molecule has 1 aliphatic rings. The molecule has 106 valence electrons. The monoisotopic (exact) mass is 266 g/mol. The Morgan fingerprint density at radius 3 is 3.26 bits per heavy atom. The molecule has 0 spiro atoms. The van der Waals surface area contributed by atoms with E-state index in [9.17, 15) is 4.79 Å². The van der Waals surface area contributed by atoms with Crippen molar-refractivity contribution in [2.45, 2.75) is 25.8 Å². The van der Waals surface area contributed by atoms with Gasteiger partial charge in [-0.2, -0.15) is 5.10 Å². The minimum Gasteiger partial charge on any atom is -0.384 e. The zero-order valence-electron chi connectivity index (χ0n) is 11.6. The summed E-state index contributed by atoms with van der Waals surface area (Å²) >= 11 is 0. The van der Waals surface area contributed by atoms with Crippen LogP contribution in [0.2, 0.25) is 0 Å². The maximum Gasteiger partial charge on any atom is 0.225 e. The van der Waals surface area contributed by atoms with E-state index in [1.165, 1.54) is 0 Å². The first-order valence-electron chi connectivity index (χ1n) is 6.73. The topological polar surface area (TPSA) is 68.2 Å². The number of ether oxygens (including phenoxy) is 1. The van der Waals surface area contributed by atoms with E-state index < -0.39 is 0 Å². The Bertz CT molecular complexity index is 413. The Kier molecular flexibility index (Phi) is 4.93. The number of methoxy groups -OCH3 is 1. The molecule has 0 unspecified atom stereocenters. The van der Waals surface area contributed by atoms with Crippen molar-refractivity contribution in [3.8, 4) is 0 Å². The maximum atomic E-state index is 11.8. The number of anilines is 1. The van der Waals surface area contributed by atoms with Gasteiger partial charge in [-0.15, -0.1) is 0 Å². The summed E-state index contributed by atoms with van der Waals surface area (Å²) in [5.74, 6) is 0.826. The molecular weight excluding hydrogens is 244 g/mol. The van der Waals surface area contributed by atoms with Crippen LogP contribution >= 0.6 is 0 Å². The van der Waals surface area contributed by atoms with Crippen molar-refractivity contribution < 1.29 is 9.53 Å². The first-order chi connectivity index (χ1) is 9.19. The van der Waals surface area contributed by atoms with Crippen molar-refractivity contribution >= 4 is 11.7 Å². The normalized spacial score (nSPS) is 20.4. The molecule has 0 aromatic carbocycles. The molecule has 1 aromatic rings. The Morgan fingerprint density at radius 1 is 1.74 bits per heavy atom. The van der Waals surface area contributed by atoms with Gasteiger partial charge in [-0.3, -0.25) is 9.48 Å². The summed E-state index contributed by atoms with van der Waals surface area (Å²) in [6.07, 6.45) is 3.46. The van der Waals surface area contributed by atoms with Gasteiger partial charge in [-0.1, -0.05) is 6.92 Å². The van der Waals surface area contributed by atoms with Crippen molar-refractivity contribution in [1.29, 1.82) is 0 Å². The third-order valence-corrected chi connectivity index (χ3v) is 3.27. The molecule has 2 rings (SSSR count). The number of hydrogen-bond acceptors (Lipinski definition) is 4. The Hall–Kier alpha value is -1.40. The first kappa shape index (κ1) is 14.0. The van der Waals surface area contributed by atoms with Crippen LogP contribution in [-0.4, -0.2) is 42.5 Å². The highest BCUT2D eigenvalue weighted by Gasteiger charge is 2.17. The standard InChI is InChI=1S/C13H22N4O2/c1-10(9-19-2)7-13(18)15-12-4-6-17(16-12)11-3-5-14-8-11/h4,6,10-11,14H,3,5,7-9H2,1-2H3,(H,15,16,18)/t10-,11-/m0/s1. The summed E-state index contributed by atoms with van der Waals surface area (Å²) < 4.78 is 6.94. The molecule has 0 saturated carbocycles. The molecule has 6 heteroatoms. The van der Waals surface area contributed by atoms with E-state index in [0.29, 0.717) is 24.9 Å². The highest BCUT2D eigenvalue weighted by Crippen LogP contribution is 2.16. The fraction of sp³-hybridized carbons (Fsp3) is 0.692. The van der Waals surface area contributed by atoms with Gasteiger partial charge in [0.15, 0.2) is 5.82 Å². The van der Waals surface area contributed by atoms with Crippen molar-refractivity contribution in [3.05, 3.63) is 12.3 Å². The minimum absolute atomic E-state index is 0.0145. The minimum atomic E-state index is -0.0145. The Labute approximate surface area is 113 Å². The van der Waals surface area contributed by atoms with Crippen LogP contribution in [0.5, 0.6) is 0 Å². The highest BCUT2D eigenvalue weighted by atomic mass is 16.5. The molecule has 0 radical (unpaired) electrons. The number of aromatic nitrogens is 2. The summed E-state index contributed by atoms with van der Waals surface area (Å²) in [6.45, 7) is 4.56. The quantitative estimate of drug-likeness (QED) is 0.807. The predicted octanol–water partition coefficient (Wildman–Crippen LogP) is 1.03.